The van der Waals surface area contributed by atoms with Gasteiger partial charge in [0.25, 0.3) is 5.91 Å². The van der Waals surface area contributed by atoms with Gasteiger partial charge in [0.15, 0.2) is 5.69 Å². The molecule has 0 bridgehead atoms. The Hall–Kier alpha value is -2.19. The molecule has 0 aliphatic rings. The Morgan fingerprint density at radius 1 is 1.45 bits per heavy atom. The summed E-state index contributed by atoms with van der Waals surface area (Å²) in [5, 5.41) is 9.59. The van der Waals surface area contributed by atoms with E-state index in [0.29, 0.717) is 33.1 Å². The molecule has 102 valence electrons. The number of hydrogen-bond acceptors (Lipinski definition) is 6. The molecule has 1 aromatic carbocycles. The van der Waals surface area contributed by atoms with Gasteiger partial charge < -0.3 is 11.1 Å². The minimum absolute atomic E-state index is 0.124. The van der Waals surface area contributed by atoms with Crippen LogP contribution in [0.5, 0.6) is 0 Å². The Morgan fingerprint density at radius 3 is 2.95 bits per heavy atom. The van der Waals surface area contributed by atoms with Crippen LogP contribution in [0.15, 0.2) is 12.1 Å². The fourth-order valence-electron chi connectivity index (χ4n) is 1.73. The summed E-state index contributed by atoms with van der Waals surface area (Å²) in [7, 11) is 0. The first-order valence-corrected chi connectivity index (χ1v) is 6.71. The molecule has 0 saturated heterocycles. The van der Waals surface area contributed by atoms with Crippen molar-refractivity contribution < 1.29 is 4.79 Å². The molecule has 2 heterocycles. The third-order valence-electron chi connectivity index (χ3n) is 2.83. The van der Waals surface area contributed by atoms with Gasteiger partial charge in [0.1, 0.15) is 11.0 Å². The van der Waals surface area contributed by atoms with Gasteiger partial charge in [-0.25, -0.2) is 0 Å². The molecular weight excluding hydrogens is 300 g/mol. The molecule has 0 atom stereocenters. The second kappa shape index (κ2) is 4.73. The van der Waals surface area contributed by atoms with Gasteiger partial charge in [-0.1, -0.05) is 11.6 Å². The van der Waals surface area contributed by atoms with Crippen molar-refractivity contribution in [3.63, 3.8) is 0 Å². The van der Waals surface area contributed by atoms with Crippen molar-refractivity contribution in [3.05, 3.63) is 28.5 Å². The number of aromatic amines is 1. The average Bonchev–Trinajstić information content (AvgIpc) is 3.01. The Balaban J connectivity index is 2.01. The number of nitrogens with two attached hydrogens (primary N) is 1. The number of hydrogen-bond donors (Lipinski definition) is 3. The first-order chi connectivity index (χ1) is 9.58. The van der Waals surface area contributed by atoms with Crippen molar-refractivity contribution in [1.29, 1.82) is 0 Å². The number of carbonyl (C=O) groups excluding carboxylic acids is 1. The van der Waals surface area contributed by atoms with E-state index in [2.05, 4.69) is 24.3 Å². The highest BCUT2D eigenvalue weighted by molar-refractivity contribution is 7.00. The summed E-state index contributed by atoms with van der Waals surface area (Å²) in [6.07, 6.45) is 0. The second-order valence-corrected chi connectivity index (χ2v) is 5.06. The van der Waals surface area contributed by atoms with E-state index in [-0.39, 0.29) is 5.69 Å². The summed E-state index contributed by atoms with van der Waals surface area (Å²) in [6, 6.07) is 3.39. The van der Waals surface area contributed by atoms with Crippen LogP contribution in [0.3, 0.4) is 0 Å². The summed E-state index contributed by atoms with van der Waals surface area (Å²) < 4.78 is 8.22. The standard InChI is InChI=1S/C11H9ClN6OS/c1-4-7(13)10(16-15-4)11(19)14-8-5(12)2-3-6-9(8)18-20-17-6/h2-3H,13H2,1H3,(H,14,19)(H,15,16). The molecule has 0 spiro atoms. The number of benzene rings is 1. The van der Waals surface area contributed by atoms with Crippen molar-refractivity contribution in [2.45, 2.75) is 6.92 Å². The average molecular weight is 309 g/mol. The molecule has 1 amide bonds. The number of halogens is 1. The van der Waals surface area contributed by atoms with Gasteiger partial charge in [0, 0.05) is 0 Å². The van der Waals surface area contributed by atoms with Crippen LogP contribution in [-0.4, -0.2) is 24.9 Å². The maximum atomic E-state index is 12.2. The summed E-state index contributed by atoms with van der Waals surface area (Å²) in [4.78, 5) is 12.2. The predicted octanol–water partition coefficient (Wildman–Crippen LogP) is 2.21. The molecule has 0 aliphatic carbocycles. The van der Waals surface area contributed by atoms with Gasteiger partial charge in [-0.05, 0) is 19.1 Å². The summed E-state index contributed by atoms with van der Waals surface area (Å²) in [5.41, 5.74) is 8.46. The minimum atomic E-state index is -0.450. The number of rotatable bonds is 2. The van der Waals surface area contributed by atoms with Crippen LogP contribution >= 0.6 is 23.3 Å². The molecule has 7 nitrogen and oxygen atoms in total. The zero-order chi connectivity index (χ0) is 14.3. The largest absolute Gasteiger partial charge is 0.395 e. The van der Waals surface area contributed by atoms with Crippen LogP contribution in [0.4, 0.5) is 11.4 Å². The fraction of sp³-hybridized carbons (Fsp3) is 0.0909. The zero-order valence-electron chi connectivity index (χ0n) is 10.3. The lowest BCUT2D eigenvalue weighted by molar-refractivity contribution is 0.102. The van der Waals surface area contributed by atoms with Crippen LogP contribution in [0.1, 0.15) is 16.2 Å². The molecule has 2 aromatic heterocycles. The molecule has 3 aromatic rings. The van der Waals surface area contributed by atoms with E-state index in [4.69, 9.17) is 17.3 Å². The van der Waals surface area contributed by atoms with Gasteiger partial charge in [0.2, 0.25) is 0 Å². The van der Waals surface area contributed by atoms with Crippen molar-refractivity contribution in [2.75, 3.05) is 11.1 Å². The minimum Gasteiger partial charge on any atom is -0.395 e. The Morgan fingerprint density at radius 2 is 2.25 bits per heavy atom. The number of carbonyl (C=O) groups is 1. The molecule has 0 fully saturated rings. The van der Waals surface area contributed by atoms with Crippen LogP contribution in [0.2, 0.25) is 5.02 Å². The van der Waals surface area contributed by atoms with Crippen molar-refractivity contribution >= 4 is 51.6 Å². The van der Waals surface area contributed by atoms with Crippen molar-refractivity contribution in [2.24, 2.45) is 0 Å². The van der Waals surface area contributed by atoms with E-state index >= 15 is 0 Å². The summed E-state index contributed by atoms with van der Waals surface area (Å²) in [6.45, 7) is 1.73. The van der Waals surface area contributed by atoms with Crippen molar-refractivity contribution in [1.82, 2.24) is 18.9 Å². The Kier molecular flexibility index (Phi) is 3.03. The molecule has 9 heteroatoms. The van der Waals surface area contributed by atoms with E-state index < -0.39 is 5.91 Å². The molecule has 0 radical (unpaired) electrons. The Labute approximate surface area is 122 Å². The van der Waals surface area contributed by atoms with Crippen molar-refractivity contribution in [3.8, 4) is 0 Å². The number of anilines is 2. The third-order valence-corrected chi connectivity index (χ3v) is 3.68. The molecular formula is C11H9ClN6OS. The highest BCUT2D eigenvalue weighted by Crippen LogP contribution is 2.30. The third kappa shape index (κ3) is 1.98. The first-order valence-electron chi connectivity index (χ1n) is 5.60. The molecule has 0 saturated carbocycles. The van der Waals surface area contributed by atoms with Gasteiger partial charge in [-0.15, -0.1) is 0 Å². The summed E-state index contributed by atoms with van der Waals surface area (Å²) >= 11 is 7.15. The van der Waals surface area contributed by atoms with E-state index in [1.165, 1.54) is 0 Å². The SMILES string of the molecule is Cc1[nH]nc(C(=O)Nc2c(Cl)ccc3nsnc23)c1N. The maximum absolute atomic E-state index is 12.2. The molecule has 0 aliphatic heterocycles. The number of nitrogen functional groups attached to an aromatic ring is 1. The van der Waals surface area contributed by atoms with E-state index in [1.54, 1.807) is 19.1 Å². The normalized spacial score (nSPS) is 10.9. The van der Waals surface area contributed by atoms with E-state index in [0.717, 1.165) is 11.7 Å². The molecule has 0 unspecified atom stereocenters. The quantitative estimate of drug-likeness (QED) is 0.672. The van der Waals surface area contributed by atoms with E-state index in [1.807, 2.05) is 0 Å². The zero-order valence-corrected chi connectivity index (χ0v) is 11.8. The number of aryl methyl sites for hydroxylation is 1. The fourth-order valence-corrected chi connectivity index (χ4v) is 2.47. The molecule has 20 heavy (non-hydrogen) atoms. The summed E-state index contributed by atoms with van der Waals surface area (Å²) in [5.74, 6) is -0.450. The van der Waals surface area contributed by atoms with Crippen LogP contribution in [0, 0.1) is 6.92 Å². The lowest BCUT2D eigenvalue weighted by Crippen LogP contribution is -2.15. The smallest absolute Gasteiger partial charge is 0.278 e. The van der Waals surface area contributed by atoms with Crippen LogP contribution in [0.25, 0.3) is 11.0 Å². The topological polar surface area (TPSA) is 110 Å². The Bertz CT molecular complexity index is 810. The second-order valence-electron chi connectivity index (χ2n) is 4.12. The number of H-pyrrole nitrogens is 1. The highest BCUT2D eigenvalue weighted by atomic mass is 35.5. The van der Waals surface area contributed by atoms with Crippen LogP contribution in [-0.2, 0) is 0 Å². The molecule has 3 rings (SSSR count). The first kappa shape index (κ1) is 12.8. The maximum Gasteiger partial charge on any atom is 0.278 e. The van der Waals surface area contributed by atoms with Gasteiger partial charge in [0.05, 0.1) is 33.8 Å². The molecule has 4 N–H and O–H groups in total. The van der Waals surface area contributed by atoms with Gasteiger partial charge >= 0.3 is 0 Å². The lowest BCUT2D eigenvalue weighted by atomic mass is 10.2. The number of aromatic nitrogens is 4. The monoisotopic (exact) mass is 308 g/mol. The highest BCUT2D eigenvalue weighted by Gasteiger charge is 2.18. The van der Waals surface area contributed by atoms with Crippen LogP contribution < -0.4 is 11.1 Å². The number of fused-ring (bicyclic) bond motifs is 1. The lowest BCUT2D eigenvalue weighted by Gasteiger charge is -2.06. The van der Waals surface area contributed by atoms with Gasteiger partial charge in [-0.2, -0.15) is 13.8 Å². The van der Waals surface area contributed by atoms with Gasteiger partial charge in [-0.3, -0.25) is 9.89 Å². The number of nitrogens with zero attached hydrogens (tertiary/aromatic N) is 3. The van der Waals surface area contributed by atoms with E-state index in [9.17, 15) is 4.79 Å². The predicted molar refractivity (Wildman–Crippen MR) is 78.1 cm³/mol. The number of nitrogens with one attached hydrogen (secondary N) is 2. The number of amides is 1.